The molecular formula is C15H22BrNO. The molecule has 2 rings (SSSR count). The summed E-state index contributed by atoms with van der Waals surface area (Å²) in [5, 5.41) is 9.59. The molecule has 0 amide bonds. The predicted molar refractivity (Wildman–Crippen MR) is 78.5 cm³/mol. The van der Waals surface area contributed by atoms with Crippen molar-refractivity contribution in [1.82, 2.24) is 4.90 Å². The summed E-state index contributed by atoms with van der Waals surface area (Å²) in [6.45, 7) is 4.06. The molecule has 1 aromatic rings. The molecule has 1 N–H and O–H groups in total. The molecule has 0 aromatic heterocycles. The van der Waals surface area contributed by atoms with Gasteiger partial charge >= 0.3 is 0 Å². The lowest BCUT2D eigenvalue weighted by atomic mass is 9.96. The molecule has 18 heavy (non-hydrogen) atoms. The summed E-state index contributed by atoms with van der Waals surface area (Å²) in [6.07, 6.45) is 4.51. The second kappa shape index (κ2) is 6.69. The average Bonchev–Trinajstić information content (AvgIpc) is 2.34. The first-order chi connectivity index (χ1) is 8.65. The van der Waals surface area contributed by atoms with E-state index in [-0.39, 0.29) is 6.10 Å². The first-order valence-electron chi connectivity index (χ1n) is 6.81. The van der Waals surface area contributed by atoms with E-state index in [1.54, 1.807) is 0 Å². The van der Waals surface area contributed by atoms with Crippen molar-refractivity contribution in [2.45, 2.75) is 51.3 Å². The summed E-state index contributed by atoms with van der Waals surface area (Å²) in [5.74, 6) is 0. The summed E-state index contributed by atoms with van der Waals surface area (Å²) < 4.78 is 1.13. The van der Waals surface area contributed by atoms with E-state index in [1.807, 2.05) is 6.92 Å². The van der Waals surface area contributed by atoms with Crippen LogP contribution in [0.25, 0.3) is 0 Å². The lowest BCUT2D eigenvalue weighted by Gasteiger charge is -2.36. The minimum atomic E-state index is -0.194. The molecule has 0 aliphatic carbocycles. The number of nitrogens with zero attached hydrogens (tertiary/aromatic N) is 1. The van der Waals surface area contributed by atoms with Crippen LogP contribution in [0, 0.1) is 0 Å². The summed E-state index contributed by atoms with van der Waals surface area (Å²) in [4.78, 5) is 2.53. The highest BCUT2D eigenvalue weighted by Crippen LogP contribution is 2.23. The largest absolute Gasteiger partial charge is 0.393 e. The number of piperidine rings is 1. The summed E-state index contributed by atoms with van der Waals surface area (Å²) in [7, 11) is 0. The fourth-order valence-electron chi connectivity index (χ4n) is 2.75. The van der Waals surface area contributed by atoms with E-state index >= 15 is 0 Å². The van der Waals surface area contributed by atoms with Crippen LogP contribution in [0.3, 0.4) is 0 Å². The summed E-state index contributed by atoms with van der Waals surface area (Å²) in [5.41, 5.74) is 1.36. The van der Waals surface area contributed by atoms with E-state index in [9.17, 15) is 5.11 Å². The van der Waals surface area contributed by atoms with Crippen molar-refractivity contribution < 1.29 is 5.11 Å². The molecule has 0 radical (unpaired) electrons. The zero-order valence-electron chi connectivity index (χ0n) is 11.0. The Morgan fingerprint density at radius 3 is 2.72 bits per heavy atom. The SMILES string of the molecule is CC(O)CC1CCCCN1Cc1ccc(Br)cc1. The minimum Gasteiger partial charge on any atom is -0.393 e. The maximum absolute atomic E-state index is 9.59. The molecule has 0 bridgehead atoms. The van der Waals surface area contributed by atoms with Crippen LogP contribution in [-0.4, -0.2) is 28.7 Å². The Bertz CT molecular complexity index is 363. The number of likely N-dealkylation sites (tertiary alicyclic amines) is 1. The highest BCUT2D eigenvalue weighted by atomic mass is 79.9. The maximum Gasteiger partial charge on any atom is 0.0527 e. The predicted octanol–water partition coefficient (Wildman–Crippen LogP) is 3.57. The second-order valence-corrected chi connectivity index (χ2v) is 6.25. The van der Waals surface area contributed by atoms with Gasteiger partial charge in [-0.25, -0.2) is 0 Å². The highest BCUT2D eigenvalue weighted by molar-refractivity contribution is 9.10. The van der Waals surface area contributed by atoms with Gasteiger partial charge in [-0.15, -0.1) is 0 Å². The standard InChI is InChI=1S/C15H22BrNO/c1-12(18)10-15-4-2-3-9-17(15)11-13-5-7-14(16)8-6-13/h5-8,12,15,18H,2-4,9-11H2,1H3. The van der Waals surface area contributed by atoms with Gasteiger partial charge in [0.1, 0.15) is 0 Å². The van der Waals surface area contributed by atoms with E-state index in [2.05, 4.69) is 45.1 Å². The molecule has 2 atom stereocenters. The number of hydrogen-bond donors (Lipinski definition) is 1. The van der Waals surface area contributed by atoms with Gasteiger partial charge in [-0.3, -0.25) is 4.90 Å². The van der Waals surface area contributed by atoms with Crippen molar-refractivity contribution in [1.29, 1.82) is 0 Å². The molecule has 1 aliphatic rings. The van der Waals surface area contributed by atoms with Crippen molar-refractivity contribution in [2.75, 3.05) is 6.54 Å². The molecule has 1 aliphatic heterocycles. The van der Waals surface area contributed by atoms with E-state index < -0.39 is 0 Å². The highest BCUT2D eigenvalue weighted by Gasteiger charge is 2.23. The topological polar surface area (TPSA) is 23.5 Å². The van der Waals surface area contributed by atoms with Crippen molar-refractivity contribution in [2.24, 2.45) is 0 Å². The first-order valence-corrected chi connectivity index (χ1v) is 7.61. The normalized spacial score (nSPS) is 22.9. The third kappa shape index (κ3) is 4.08. The number of benzene rings is 1. The zero-order valence-corrected chi connectivity index (χ0v) is 12.6. The van der Waals surface area contributed by atoms with E-state index in [4.69, 9.17) is 0 Å². The van der Waals surface area contributed by atoms with Crippen LogP contribution < -0.4 is 0 Å². The van der Waals surface area contributed by atoms with Gasteiger partial charge in [-0.05, 0) is 50.4 Å². The van der Waals surface area contributed by atoms with Crippen LogP contribution in [0.1, 0.15) is 38.2 Å². The van der Waals surface area contributed by atoms with Crippen molar-refractivity contribution in [3.63, 3.8) is 0 Å². The van der Waals surface area contributed by atoms with Crippen molar-refractivity contribution in [3.8, 4) is 0 Å². The van der Waals surface area contributed by atoms with Crippen LogP contribution >= 0.6 is 15.9 Å². The number of halogens is 1. The zero-order chi connectivity index (χ0) is 13.0. The molecule has 2 unspecified atom stereocenters. The molecule has 1 fully saturated rings. The molecule has 1 saturated heterocycles. The van der Waals surface area contributed by atoms with E-state index in [1.165, 1.54) is 24.8 Å². The second-order valence-electron chi connectivity index (χ2n) is 5.33. The monoisotopic (exact) mass is 311 g/mol. The van der Waals surface area contributed by atoms with Crippen LogP contribution in [-0.2, 0) is 6.54 Å². The van der Waals surface area contributed by atoms with Crippen LogP contribution in [0.4, 0.5) is 0 Å². The third-order valence-corrected chi connectivity index (χ3v) is 4.19. The van der Waals surface area contributed by atoms with Crippen LogP contribution in [0.2, 0.25) is 0 Å². The fourth-order valence-corrected chi connectivity index (χ4v) is 3.02. The van der Waals surface area contributed by atoms with E-state index in [0.717, 1.165) is 24.0 Å². The Morgan fingerprint density at radius 2 is 2.06 bits per heavy atom. The minimum absolute atomic E-state index is 0.194. The smallest absolute Gasteiger partial charge is 0.0527 e. The molecule has 100 valence electrons. The number of rotatable bonds is 4. The van der Waals surface area contributed by atoms with Crippen LogP contribution in [0.5, 0.6) is 0 Å². The number of aliphatic hydroxyl groups is 1. The van der Waals surface area contributed by atoms with E-state index in [0.29, 0.717) is 6.04 Å². The lowest BCUT2D eigenvalue weighted by molar-refractivity contribution is 0.0818. The lowest BCUT2D eigenvalue weighted by Crippen LogP contribution is -2.40. The van der Waals surface area contributed by atoms with Gasteiger partial charge in [0.05, 0.1) is 6.10 Å². The molecule has 1 aromatic carbocycles. The first kappa shape index (κ1) is 14.0. The molecule has 3 heteroatoms. The Kier molecular flexibility index (Phi) is 5.22. The molecule has 0 saturated carbocycles. The van der Waals surface area contributed by atoms with Gasteiger partial charge in [0, 0.05) is 17.1 Å². The quantitative estimate of drug-likeness (QED) is 0.919. The molecule has 2 nitrogen and oxygen atoms in total. The van der Waals surface area contributed by atoms with Gasteiger partial charge in [-0.1, -0.05) is 34.5 Å². The Hall–Kier alpha value is -0.380. The van der Waals surface area contributed by atoms with Crippen molar-refractivity contribution >= 4 is 15.9 Å². The summed E-state index contributed by atoms with van der Waals surface area (Å²) in [6, 6.07) is 9.10. The Balaban J connectivity index is 1.98. The maximum atomic E-state index is 9.59. The van der Waals surface area contributed by atoms with Crippen LogP contribution in [0.15, 0.2) is 28.7 Å². The average molecular weight is 312 g/mol. The third-order valence-electron chi connectivity index (χ3n) is 3.66. The Morgan fingerprint density at radius 1 is 1.33 bits per heavy atom. The molecule has 1 heterocycles. The van der Waals surface area contributed by atoms with Gasteiger partial charge in [-0.2, -0.15) is 0 Å². The Labute approximate surface area is 118 Å². The molecular weight excluding hydrogens is 290 g/mol. The molecule has 0 spiro atoms. The van der Waals surface area contributed by atoms with Gasteiger partial charge in [0.15, 0.2) is 0 Å². The number of aliphatic hydroxyl groups excluding tert-OH is 1. The van der Waals surface area contributed by atoms with Gasteiger partial charge < -0.3 is 5.11 Å². The van der Waals surface area contributed by atoms with Gasteiger partial charge in [0.25, 0.3) is 0 Å². The fraction of sp³-hybridized carbons (Fsp3) is 0.600. The summed E-state index contributed by atoms with van der Waals surface area (Å²) >= 11 is 3.47. The van der Waals surface area contributed by atoms with Gasteiger partial charge in [0.2, 0.25) is 0 Å². The number of hydrogen-bond acceptors (Lipinski definition) is 2. The van der Waals surface area contributed by atoms with Crippen molar-refractivity contribution in [3.05, 3.63) is 34.3 Å².